The van der Waals surface area contributed by atoms with Gasteiger partial charge >= 0.3 is 0 Å². The lowest BCUT2D eigenvalue weighted by Gasteiger charge is -2.41. The summed E-state index contributed by atoms with van der Waals surface area (Å²) in [6.07, 6.45) is 3.44. The largest absolute Gasteiger partial charge is 0.359 e. The molecule has 154 valence electrons. The molecule has 0 radical (unpaired) electrons. The molecule has 29 heavy (non-hydrogen) atoms. The van der Waals surface area contributed by atoms with Crippen LogP contribution in [0, 0.1) is 11.2 Å². The summed E-state index contributed by atoms with van der Waals surface area (Å²) in [5.74, 6) is -0.153. The normalized spacial score (nSPS) is 19.1. The Hall–Kier alpha value is -2.69. The number of carbonyl (C=O) groups is 2. The first-order valence-electron chi connectivity index (χ1n) is 10.3. The van der Waals surface area contributed by atoms with E-state index in [0.29, 0.717) is 31.5 Å². The molecule has 1 atom stereocenters. The van der Waals surface area contributed by atoms with E-state index in [4.69, 9.17) is 0 Å². The second-order valence-corrected chi connectivity index (χ2v) is 7.88. The fourth-order valence-corrected chi connectivity index (χ4v) is 4.28. The summed E-state index contributed by atoms with van der Waals surface area (Å²) in [4.78, 5) is 27.1. The Morgan fingerprint density at radius 1 is 1.14 bits per heavy atom. The van der Waals surface area contributed by atoms with Crippen LogP contribution in [-0.4, -0.2) is 36.9 Å². The van der Waals surface area contributed by atoms with Crippen molar-refractivity contribution in [3.63, 3.8) is 0 Å². The topological polar surface area (TPSA) is 49.4 Å². The van der Waals surface area contributed by atoms with Crippen LogP contribution in [0.2, 0.25) is 0 Å². The predicted molar refractivity (Wildman–Crippen MR) is 113 cm³/mol. The molecule has 1 heterocycles. The highest BCUT2D eigenvalue weighted by Gasteiger charge is 2.42. The Balaban J connectivity index is 1.83. The van der Waals surface area contributed by atoms with Crippen molar-refractivity contribution in [1.82, 2.24) is 10.2 Å². The van der Waals surface area contributed by atoms with E-state index in [1.165, 1.54) is 6.07 Å². The Morgan fingerprint density at radius 3 is 2.52 bits per heavy atom. The standard InChI is InChI=1S/C24H29FN2O2/c1-3-7-22(28)27-15-6-14-24(17-27,23(29)26-2)16-18-10-12-19(13-11-18)20-8-4-5-9-21(20)25/h4-5,8-13H,3,6-7,14-17H2,1-2H3,(H,26,29)/t24-/m0/s1. The molecule has 0 spiro atoms. The highest BCUT2D eigenvalue weighted by atomic mass is 19.1. The molecule has 2 amide bonds. The Morgan fingerprint density at radius 2 is 1.86 bits per heavy atom. The molecular weight excluding hydrogens is 367 g/mol. The minimum absolute atomic E-state index is 0.0234. The number of halogens is 1. The molecule has 0 aliphatic carbocycles. The number of carbonyl (C=O) groups excluding carboxylic acids is 2. The molecule has 0 bridgehead atoms. The van der Waals surface area contributed by atoms with E-state index >= 15 is 0 Å². The van der Waals surface area contributed by atoms with Crippen LogP contribution in [0.4, 0.5) is 4.39 Å². The zero-order chi connectivity index (χ0) is 20.9. The van der Waals surface area contributed by atoms with E-state index in [-0.39, 0.29) is 17.6 Å². The molecule has 0 aromatic heterocycles. The van der Waals surface area contributed by atoms with Gasteiger partial charge in [0.15, 0.2) is 0 Å². The summed E-state index contributed by atoms with van der Waals surface area (Å²) in [6, 6.07) is 14.4. The van der Waals surface area contributed by atoms with E-state index < -0.39 is 5.41 Å². The predicted octanol–water partition coefficient (Wildman–Crippen LogP) is 4.19. The van der Waals surface area contributed by atoms with Crippen LogP contribution in [0.1, 0.15) is 38.2 Å². The Labute approximate surface area is 172 Å². The SMILES string of the molecule is CCCC(=O)N1CCC[C@@](Cc2ccc(-c3ccccc3F)cc2)(C(=O)NC)C1. The molecule has 1 saturated heterocycles. The maximum Gasteiger partial charge on any atom is 0.228 e. The number of benzene rings is 2. The first-order chi connectivity index (χ1) is 14.0. The molecule has 2 aromatic rings. The summed E-state index contributed by atoms with van der Waals surface area (Å²) in [5, 5.41) is 2.81. The number of nitrogens with one attached hydrogen (secondary N) is 1. The van der Waals surface area contributed by atoms with Gasteiger partial charge in [0, 0.05) is 32.1 Å². The van der Waals surface area contributed by atoms with Crippen molar-refractivity contribution in [2.24, 2.45) is 5.41 Å². The van der Waals surface area contributed by atoms with Crippen molar-refractivity contribution >= 4 is 11.8 Å². The first kappa shape index (κ1) is 21.0. The zero-order valence-corrected chi connectivity index (χ0v) is 17.2. The number of amides is 2. The van der Waals surface area contributed by atoms with E-state index in [2.05, 4.69) is 5.32 Å². The molecule has 3 rings (SSSR count). The fraction of sp³-hybridized carbons (Fsp3) is 0.417. The highest BCUT2D eigenvalue weighted by Crippen LogP contribution is 2.35. The van der Waals surface area contributed by atoms with Gasteiger partial charge in [-0.15, -0.1) is 0 Å². The number of piperidine rings is 1. The lowest BCUT2D eigenvalue weighted by Crippen LogP contribution is -2.53. The van der Waals surface area contributed by atoms with Crippen molar-refractivity contribution in [1.29, 1.82) is 0 Å². The van der Waals surface area contributed by atoms with Crippen molar-refractivity contribution in [3.8, 4) is 11.1 Å². The molecule has 1 fully saturated rings. The van der Waals surface area contributed by atoms with Crippen LogP contribution in [0.3, 0.4) is 0 Å². The summed E-state index contributed by atoms with van der Waals surface area (Å²) < 4.78 is 14.1. The van der Waals surface area contributed by atoms with Crippen LogP contribution in [-0.2, 0) is 16.0 Å². The average molecular weight is 397 g/mol. The van der Waals surface area contributed by atoms with Gasteiger partial charge in [-0.1, -0.05) is 49.4 Å². The number of likely N-dealkylation sites (tertiary alicyclic amines) is 1. The lowest BCUT2D eigenvalue weighted by molar-refractivity contribution is -0.141. The maximum atomic E-state index is 14.1. The molecule has 4 nitrogen and oxygen atoms in total. The molecule has 5 heteroatoms. The highest BCUT2D eigenvalue weighted by molar-refractivity contribution is 5.85. The molecule has 2 aromatic carbocycles. The molecule has 1 aliphatic rings. The van der Waals surface area contributed by atoms with Gasteiger partial charge in [-0.2, -0.15) is 0 Å². The van der Waals surface area contributed by atoms with Gasteiger partial charge in [0.2, 0.25) is 11.8 Å². The van der Waals surface area contributed by atoms with Gasteiger partial charge in [-0.25, -0.2) is 4.39 Å². The van der Waals surface area contributed by atoms with Crippen LogP contribution >= 0.6 is 0 Å². The van der Waals surface area contributed by atoms with Crippen LogP contribution in [0.15, 0.2) is 48.5 Å². The van der Waals surface area contributed by atoms with Gasteiger partial charge in [0.25, 0.3) is 0 Å². The smallest absolute Gasteiger partial charge is 0.228 e. The van der Waals surface area contributed by atoms with Gasteiger partial charge in [0.1, 0.15) is 5.82 Å². The van der Waals surface area contributed by atoms with Gasteiger partial charge in [0.05, 0.1) is 5.41 Å². The third kappa shape index (κ3) is 4.66. The van der Waals surface area contributed by atoms with Gasteiger partial charge in [-0.05, 0) is 42.9 Å². The van der Waals surface area contributed by atoms with E-state index in [1.54, 1.807) is 19.2 Å². The van der Waals surface area contributed by atoms with Crippen molar-refractivity contribution < 1.29 is 14.0 Å². The van der Waals surface area contributed by atoms with E-state index in [1.807, 2.05) is 42.2 Å². The fourth-order valence-electron chi connectivity index (χ4n) is 4.28. The van der Waals surface area contributed by atoms with Crippen LogP contribution < -0.4 is 5.32 Å². The molecular formula is C24H29FN2O2. The minimum Gasteiger partial charge on any atom is -0.359 e. The minimum atomic E-state index is -0.629. The number of hydrogen-bond donors (Lipinski definition) is 1. The average Bonchev–Trinajstić information content (AvgIpc) is 2.74. The van der Waals surface area contributed by atoms with Crippen molar-refractivity contribution in [3.05, 3.63) is 59.9 Å². The Bertz CT molecular complexity index is 865. The monoisotopic (exact) mass is 396 g/mol. The van der Waals surface area contributed by atoms with Crippen LogP contribution in [0.5, 0.6) is 0 Å². The zero-order valence-electron chi connectivity index (χ0n) is 17.2. The molecule has 0 saturated carbocycles. The quantitative estimate of drug-likeness (QED) is 0.796. The summed E-state index contributed by atoms with van der Waals surface area (Å²) >= 11 is 0. The molecule has 0 unspecified atom stereocenters. The van der Waals surface area contributed by atoms with Crippen LogP contribution in [0.25, 0.3) is 11.1 Å². The van der Waals surface area contributed by atoms with E-state index in [9.17, 15) is 14.0 Å². The second kappa shape index (κ2) is 9.21. The second-order valence-electron chi connectivity index (χ2n) is 7.88. The van der Waals surface area contributed by atoms with Crippen molar-refractivity contribution in [2.45, 2.75) is 39.0 Å². The van der Waals surface area contributed by atoms with Crippen molar-refractivity contribution in [2.75, 3.05) is 20.1 Å². The number of nitrogens with zero attached hydrogens (tertiary/aromatic N) is 1. The molecule has 1 aliphatic heterocycles. The maximum absolute atomic E-state index is 14.1. The number of hydrogen-bond acceptors (Lipinski definition) is 2. The molecule has 1 N–H and O–H groups in total. The Kier molecular flexibility index (Phi) is 6.68. The van der Waals surface area contributed by atoms with Gasteiger partial charge < -0.3 is 10.2 Å². The summed E-state index contributed by atoms with van der Waals surface area (Å²) in [7, 11) is 1.65. The summed E-state index contributed by atoms with van der Waals surface area (Å²) in [5.41, 5.74) is 1.76. The van der Waals surface area contributed by atoms with Gasteiger partial charge in [-0.3, -0.25) is 9.59 Å². The van der Waals surface area contributed by atoms with E-state index in [0.717, 1.165) is 30.4 Å². The third-order valence-electron chi connectivity index (χ3n) is 5.78. The lowest BCUT2D eigenvalue weighted by atomic mass is 9.74. The third-order valence-corrected chi connectivity index (χ3v) is 5.78. The first-order valence-corrected chi connectivity index (χ1v) is 10.3. The summed E-state index contributed by atoms with van der Waals surface area (Å²) in [6.45, 7) is 3.15. The number of rotatable bonds is 6.